The minimum Gasteiger partial charge on any atom is -0.467 e. The third kappa shape index (κ3) is 5.56. The summed E-state index contributed by atoms with van der Waals surface area (Å²) in [5, 5.41) is 12.5. The normalized spacial score (nSPS) is 12.2. The minimum absolute atomic E-state index is 0.282. The molecule has 0 saturated heterocycles. The molecule has 0 aliphatic heterocycles. The Hall–Kier alpha value is -1.28. The molecule has 1 aromatic heterocycles. The van der Waals surface area contributed by atoms with Gasteiger partial charge in [-0.05, 0) is 12.1 Å². The van der Waals surface area contributed by atoms with Crippen LogP contribution in [0.15, 0.2) is 22.8 Å². The van der Waals surface area contributed by atoms with Crippen molar-refractivity contribution < 1.29 is 14.3 Å². The summed E-state index contributed by atoms with van der Waals surface area (Å²) in [5.41, 5.74) is 0. The second kappa shape index (κ2) is 7.94. The van der Waals surface area contributed by atoms with Crippen LogP contribution in [0.2, 0.25) is 0 Å². The molecule has 1 atom stereocenters. The van der Waals surface area contributed by atoms with E-state index in [1.54, 1.807) is 12.3 Å². The maximum atomic E-state index is 9.51. The van der Waals surface area contributed by atoms with Crippen molar-refractivity contribution in [2.45, 2.75) is 19.1 Å². The number of hydrogen-bond acceptors (Lipinski definition) is 4. The van der Waals surface area contributed by atoms with Crippen molar-refractivity contribution in [1.29, 1.82) is 0 Å². The van der Waals surface area contributed by atoms with E-state index in [1.807, 2.05) is 6.07 Å². The number of aliphatic hydroxyl groups excluding tert-OH is 1. The Kier molecular flexibility index (Phi) is 6.35. The van der Waals surface area contributed by atoms with E-state index in [9.17, 15) is 5.11 Å². The van der Waals surface area contributed by atoms with Crippen molar-refractivity contribution in [3.8, 4) is 12.3 Å². The second-order valence-electron chi connectivity index (χ2n) is 3.41. The number of terminal acetylenes is 1. The van der Waals surface area contributed by atoms with E-state index >= 15 is 0 Å². The summed E-state index contributed by atoms with van der Waals surface area (Å²) in [5.74, 6) is 3.27. The fourth-order valence-corrected chi connectivity index (χ4v) is 1.18. The van der Waals surface area contributed by atoms with Gasteiger partial charge in [-0.1, -0.05) is 0 Å². The molecule has 1 rings (SSSR count). The van der Waals surface area contributed by atoms with E-state index in [0.29, 0.717) is 26.1 Å². The smallest absolute Gasteiger partial charge is 0.129 e. The molecule has 2 N–H and O–H groups in total. The third-order valence-corrected chi connectivity index (χ3v) is 1.96. The first kappa shape index (κ1) is 12.8. The highest BCUT2D eigenvalue weighted by atomic mass is 16.5. The number of hydrogen-bond donors (Lipinski definition) is 2. The highest BCUT2D eigenvalue weighted by Crippen LogP contribution is 2.01. The molecule has 4 nitrogen and oxygen atoms in total. The van der Waals surface area contributed by atoms with Crippen LogP contribution in [0.1, 0.15) is 12.2 Å². The zero-order valence-corrected chi connectivity index (χ0v) is 9.19. The Bertz CT molecular complexity index is 303. The molecule has 0 saturated carbocycles. The molecule has 4 heteroatoms. The molecule has 0 fully saturated rings. The first-order valence-electron chi connectivity index (χ1n) is 5.25. The van der Waals surface area contributed by atoms with Gasteiger partial charge in [0.1, 0.15) is 12.4 Å². The van der Waals surface area contributed by atoms with Crippen molar-refractivity contribution >= 4 is 0 Å². The number of rotatable bonds is 8. The highest BCUT2D eigenvalue weighted by Gasteiger charge is 2.04. The van der Waals surface area contributed by atoms with E-state index in [2.05, 4.69) is 11.2 Å². The Labute approximate surface area is 95.6 Å². The van der Waals surface area contributed by atoms with Crippen LogP contribution < -0.4 is 5.32 Å². The molecule has 1 heterocycles. The van der Waals surface area contributed by atoms with Crippen LogP contribution in [0.25, 0.3) is 0 Å². The lowest BCUT2D eigenvalue weighted by atomic mass is 10.3. The van der Waals surface area contributed by atoms with Crippen LogP contribution in [0.5, 0.6) is 0 Å². The van der Waals surface area contributed by atoms with Crippen LogP contribution in [-0.4, -0.2) is 30.9 Å². The Balaban J connectivity index is 1.98. The molecular weight excluding hydrogens is 206 g/mol. The zero-order valence-electron chi connectivity index (χ0n) is 9.19. The number of aliphatic hydroxyl groups is 1. The third-order valence-electron chi connectivity index (χ3n) is 1.96. The average molecular weight is 223 g/mol. The molecule has 0 aliphatic rings. The van der Waals surface area contributed by atoms with Crippen LogP contribution in [-0.2, 0) is 11.3 Å². The topological polar surface area (TPSA) is 54.6 Å². The molecule has 1 unspecified atom stereocenters. The number of nitrogens with one attached hydrogen (secondary N) is 1. The summed E-state index contributed by atoms with van der Waals surface area (Å²) in [6.07, 6.45) is 6.83. The second-order valence-corrected chi connectivity index (χ2v) is 3.41. The van der Waals surface area contributed by atoms with Crippen molar-refractivity contribution in [2.75, 3.05) is 19.7 Å². The first-order chi connectivity index (χ1) is 7.83. The lowest BCUT2D eigenvalue weighted by molar-refractivity contribution is 0.0228. The van der Waals surface area contributed by atoms with Gasteiger partial charge in [0.15, 0.2) is 0 Å². The van der Waals surface area contributed by atoms with Crippen molar-refractivity contribution in [3.05, 3.63) is 24.2 Å². The van der Waals surface area contributed by atoms with Crippen molar-refractivity contribution in [2.24, 2.45) is 0 Å². The molecule has 0 spiro atoms. The van der Waals surface area contributed by atoms with Crippen molar-refractivity contribution in [1.82, 2.24) is 5.32 Å². The largest absolute Gasteiger partial charge is 0.467 e. The molecule has 0 bridgehead atoms. The molecule has 0 aromatic carbocycles. The number of furan rings is 1. The fraction of sp³-hybridized carbons (Fsp3) is 0.500. The summed E-state index contributed by atoms with van der Waals surface area (Å²) < 4.78 is 10.4. The summed E-state index contributed by atoms with van der Waals surface area (Å²) in [6.45, 7) is 1.86. The molecule has 1 aromatic rings. The Morgan fingerprint density at radius 1 is 1.62 bits per heavy atom. The van der Waals surface area contributed by atoms with E-state index in [-0.39, 0.29) is 6.61 Å². The van der Waals surface area contributed by atoms with Crippen LogP contribution in [0.3, 0.4) is 0 Å². The first-order valence-corrected chi connectivity index (χ1v) is 5.25. The SMILES string of the molecule is C#CCCNCC(O)COCc1ccco1. The van der Waals surface area contributed by atoms with E-state index in [1.165, 1.54) is 0 Å². The van der Waals surface area contributed by atoms with Gasteiger partial charge in [0.2, 0.25) is 0 Å². The molecule has 0 radical (unpaired) electrons. The quantitative estimate of drug-likeness (QED) is 0.505. The van der Waals surface area contributed by atoms with Gasteiger partial charge in [-0.25, -0.2) is 0 Å². The van der Waals surface area contributed by atoms with Crippen LogP contribution in [0, 0.1) is 12.3 Å². The summed E-state index contributed by atoms with van der Waals surface area (Å²) in [6, 6.07) is 3.63. The maximum Gasteiger partial charge on any atom is 0.129 e. The van der Waals surface area contributed by atoms with Gasteiger partial charge in [0, 0.05) is 19.5 Å². The lowest BCUT2D eigenvalue weighted by Gasteiger charge is -2.11. The molecule has 88 valence electrons. The summed E-state index contributed by atoms with van der Waals surface area (Å²) in [7, 11) is 0. The van der Waals surface area contributed by atoms with Gasteiger partial charge >= 0.3 is 0 Å². The Morgan fingerprint density at radius 2 is 2.50 bits per heavy atom. The van der Waals surface area contributed by atoms with E-state index < -0.39 is 6.10 Å². The van der Waals surface area contributed by atoms with Gasteiger partial charge in [-0.15, -0.1) is 12.3 Å². The van der Waals surface area contributed by atoms with Gasteiger partial charge in [-0.2, -0.15) is 0 Å². The molecule has 16 heavy (non-hydrogen) atoms. The van der Waals surface area contributed by atoms with Gasteiger partial charge in [-0.3, -0.25) is 0 Å². The lowest BCUT2D eigenvalue weighted by Crippen LogP contribution is -2.30. The Morgan fingerprint density at radius 3 is 3.19 bits per heavy atom. The standard InChI is InChI=1S/C12H17NO3/c1-2-3-6-13-8-11(14)9-15-10-12-5-4-7-16-12/h1,4-5,7,11,13-14H,3,6,8-10H2. The van der Waals surface area contributed by atoms with Gasteiger partial charge < -0.3 is 19.6 Å². The van der Waals surface area contributed by atoms with E-state index in [4.69, 9.17) is 15.6 Å². The fourth-order valence-electron chi connectivity index (χ4n) is 1.18. The van der Waals surface area contributed by atoms with Crippen molar-refractivity contribution in [3.63, 3.8) is 0 Å². The van der Waals surface area contributed by atoms with Gasteiger partial charge in [0.25, 0.3) is 0 Å². The van der Waals surface area contributed by atoms with Crippen LogP contribution in [0.4, 0.5) is 0 Å². The highest BCUT2D eigenvalue weighted by molar-refractivity contribution is 4.96. The predicted molar refractivity (Wildman–Crippen MR) is 60.7 cm³/mol. The monoisotopic (exact) mass is 223 g/mol. The molecule has 0 amide bonds. The summed E-state index contributed by atoms with van der Waals surface area (Å²) in [4.78, 5) is 0. The summed E-state index contributed by atoms with van der Waals surface area (Å²) >= 11 is 0. The predicted octanol–water partition coefficient (Wildman–Crippen LogP) is 0.770. The average Bonchev–Trinajstić information content (AvgIpc) is 2.77. The van der Waals surface area contributed by atoms with Gasteiger partial charge in [0.05, 0.1) is 19.0 Å². The maximum absolute atomic E-state index is 9.51. The number of ether oxygens (including phenoxy) is 1. The van der Waals surface area contributed by atoms with E-state index in [0.717, 1.165) is 5.76 Å². The minimum atomic E-state index is -0.521. The molecular formula is C12H17NO3. The van der Waals surface area contributed by atoms with Crippen LogP contribution >= 0.6 is 0 Å². The zero-order chi connectivity index (χ0) is 11.6. The molecule has 0 aliphatic carbocycles.